The molecule has 7 heteroatoms. The van der Waals surface area contributed by atoms with E-state index in [9.17, 15) is 4.39 Å². The Kier molecular flexibility index (Phi) is 3.59. The molecule has 4 rings (SSSR count). The van der Waals surface area contributed by atoms with E-state index in [1.54, 1.807) is 18.3 Å². The summed E-state index contributed by atoms with van der Waals surface area (Å²) in [7, 11) is 0. The van der Waals surface area contributed by atoms with Gasteiger partial charge in [0.2, 0.25) is 0 Å². The van der Waals surface area contributed by atoms with Crippen LogP contribution in [0.25, 0.3) is 16.6 Å². The molecular formula is C17H12FN5O. The first-order valence-corrected chi connectivity index (χ1v) is 7.31. The summed E-state index contributed by atoms with van der Waals surface area (Å²) in [6, 6.07) is 15.5. The molecule has 0 amide bonds. The molecule has 2 aromatic carbocycles. The lowest BCUT2D eigenvalue weighted by atomic mass is 10.2. The zero-order valence-corrected chi connectivity index (χ0v) is 12.5. The predicted molar refractivity (Wildman–Crippen MR) is 85.2 cm³/mol. The molecule has 2 heterocycles. The maximum atomic E-state index is 13.1. The lowest BCUT2D eigenvalue weighted by molar-refractivity contribution is 0.295. The molecule has 0 spiro atoms. The standard InChI is InChI=1S/C17H12FN5O/c18-13-6-8-14(9-7-13)23-16(20-21-22-23)11-24-15-5-1-3-12-4-2-10-19-17(12)15/h1-10H,11H2. The third kappa shape index (κ3) is 2.67. The van der Waals surface area contributed by atoms with Crippen molar-refractivity contribution in [2.75, 3.05) is 0 Å². The summed E-state index contributed by atoms with van der Waals surface area (Å²) in [6.45, 7) is 0.167. The third-order valence-corrected chi connectivity index (χ3v) is 3.56. The summed E-state index contributed by atoms with van der Waals surface area (Å²) in [5, 5.41) is 12.6. The number of tetrazole rings is 1. The minimum atomic E-state index is -0.313. The van der Waals surface area contributed by atoms with Crippen LogP contribution in [0.4, 0.5) is 4.39 Å². The summed E-state index contributed by atoms with van der Waals surface area (Å²) in [5.74, 6) is 0.850. The monoisotopic (exact) mass is 321 g/mol. The highest BCUT2D eigenvalue weighted by atomic mass is 19.1. The number of rotatable bonds is 4. The zero-order valence-electron chi connectivity index (χ0n) is 12.5. The Balaban J connectivity index is 1.61. The summed E-state index contributed by atoms with van der Waals surface area (Å²) < 4.78 is 20.4. The van der Waals surface area contributed by atoms with E-state index in [1.807, 2.05) is 30.3 Å². The van der Waals surface area contributed by atoms with Gasteiger partial charge in [-0.25, -0.2) is 4.39 Å². The Labute approximate surface area is 136 Å². The van der Waals surface area contributed by atoms with E-state index in [4.69, 9.17) is 4.74 Å². The predicted octanol–water partition coefficient (Wildman–Crippen LogP) is 2.93. The summed E-state index contributed by atoms with van der Waals surface area (Å²) >= 11 is 0. The fourth-order valence-corrected chi connectivity index (χ4v) is 2.41. The average molecular weight is 321 g/mol. The van der Waals surface area contributed by atoms with Crippen molar-refractivity contribution < 1.29 is 9.13 Å². The van der Waals surface area contributed by atoms with Crippen LogP contribution in [0.1, 0.15) is 5.82 Å². The summed E-state index contributed by atoms with van der Waals surface area (Å²) in [6.07, 6.45) is 1.72. The van der Waals surface area contributed by atoms with Gasteiger partial charge in [-0.2, -0.15) is 4.68 Å². The second kappa shape index (κ2) is 6.04. The van der Waals surface area contributed by atoms with Crippen molar-refractivity contribution in [2.45, 2.75) is 6.61 Å². The number of hydrogen-bond acceptors (Lipinski definition) is 5. The Morgan fingerprint density at radius 1 is 1.00 bits per heavy atom. The maximum absolute atomic E-state index is 13.1. The van der Waals surface area contributed by atoms with Crippen molar-refractivity contribution in [3.63, 3.8) is 0 Å². The average Bonchev–Trinajstić information content (AvgIpc) is 3.09. The molecule has 2 aromatic heterocycles. The normalized spacial score (nSPS) is 10.9. The van der Waals surface area contributed by atoms with Crippen LogP contribution < -0.4 is 4.74 Å². The molecule has 0 aliphatic rings. The Morgan fingerprint density at radius 3 is 2.71 bits per heavy atom. The first-order valence-electron chi connectivity index (χ1n) is 7.31. The van der Waals surface area contributed by atoms with Crippen molar-refractivity contribution in [3.8, 4) is 11.4 Å². The van der Waals surface area contributed by atoms with Crippen LogP contribution in [-0.2, 0) is 6.61 Å². The van der Waals surface area contributed by atoms with Crippen LogP contribution in [0.3, 0.4) is 0 Å². The quantitative estimate of drug-likeness (QED) is 0.578. The van der Waals surface area contributed by atoms with Gasteiger partial charge in [0, 0.05) is 11.6 Å². The van der Waals surface area contributed by atoms with Gasteiger partial charge >= 0.3 is 0 Å². The lowest BCUT2D eigenvalue weighted by Crippen LogP contribution is -2.07. The summed E-state index contributed by atoms with van der Waals surface area (Å²) in [4.78, 5) is 4.35. The zero-order chi connectivity index (χ0) is 16.4. The van der Waals surface area contributed by atoms with Crippen molar-refractivity contribution in [1.82, 2.24) is 25.2 Å². The number of ether oxygens (including phenoxy) is 1. The molecule has 0 aliphatic heterocycles. The van der Waals surface area contributed by atoms with Gasteiger partial charge in [0.25, 0.3) is 0 Å². The van der Waals surface area contributed by atoms with Crippen LogP contribution in [0, 0.1) is 5.82 Å². The summed E-state index contributed by atoms with van der Waals surface area (Å²) in [5.41, 5.74) is 1.44. The maximum Gasteiger partial charge on any atom is 0.194 e. The van der Waals surface area contributed by atoms with Gasteiger partial charge < -0.3 is 4.74 Å². The number of nitrogens with zero attached hydrogens (tertiary/aromatic N) is 5. The fraction of sp³-hybridized carbons (Fsp3) is 0.0588. The molecule has 4 aromatic rings. The Hall–Kier alpha value is -3.35. The number of pyridine rings is 1. The van der Waals surface area contributed by atoms with Gasteiger partial charge in [-0.3, -0.25) is 4.98 Å². The van der Waals surface area contributed by atoms with Gasteiger partial charge in [-0.1, -0.05) is 18.2 Å². The molecule has 0 aliphatic carbocycles. The first kappa shape index (κ1) is 14.3. The SMILES string of the molecule is Fc1ccc(-n2nnnc2COc2cccc3cccnc23)cc1. The number of para-hydroxylation sites is 1. The van der Waals surface area contributed by atoms with E-state index in [1.165, 1.54) is 16.8 Å². The second-order valence-electron chi connectivity index (χ2n) is 5.10. The van der Waals surface area contributed by atoms with Crippen LogP contribution >= 0.6 is 0 Å². The highest BCUT2D eigenvalue weighted by molar-refractivity contribution is 5.84. The second-order valence-corrected chi connectivity index (χ2v) is 5.10. The molecule has 24 heavy (non-hydrogen) atoms. The van der Waals surface area contributed by atoms with E-state index in [-0.39, 0.29) is 12.4 Å². The minimum absolute atomic E-state index is 0.167. The largest absolute Gasteiger partial charge is 0.483 e. The van der Waals surface area contributed by atoms with Crippen molar-refractivity contribution >= 4 is 10.9 Å². The van der Waals surface area contributed by atoms with Gasteiger partial charge in [0.05, 0.1) is 5.69 Å². The highest BCUT2D eigenvalue weighted by Gasteiger charge is 2.10. The number of fused-ring (bicyclic) bond motifs is 1. The Morgan fingerprint density at radius 2 is 1.83 bits per heavy atom. The van der Waals surface area contributed by atoms with E-state index in [2.05, 4.69) is 20.5 Å². The molecule has 0 unspecified atom stereocenters. The van der Waals surface area contributed by atoms with Gasteiger partial charge in [-0.05, 0) is 46.8 Å². The van der Waals surface area contributed by atoms with E-state index in [0.29, 0.717) is 17.3 Å². The molecule has 0 bridgehead atoms. The lowest BCUT2D eigenvalue weighted by Gasteiger charge is -2.08. The number of hydrogen-bond donors (Lipinski definition) is 0. The van der Waals surface area contributed by atoms with E-state index >= 15 is 0 Å². The molecular weight excluding hydrogens is 309 g/mol. The molecule has 0 saturated carbocycles. The number of halogens is 1. The van der Waals surface area contributed by atoms with E-state index in [0.717, 1.165) is 10.9 Å². The third-order valence-electron chi connectivity index (χ3n) is 3.56. The van der Waals surface area contributed by atoms with Crippen LogP contribution in [0.2, 0.25) is 0 Å². The molecule has 118 valence electrons. The van der Waals surface area contributed by atoms with Gasteiger partial charge in [-0.15, -0.1) is 5.10 Å². The molecule has 0 radical (unpaired) electrons. The van der Waals surface area contributed by atoms with Crippen LogP contribution in [0.5, 0.6) is 5.75 Å². The van der Waals surface area contributed by atoms with Gasteiger partial charge in [0.15, 0.2) is 5.82 Å². The fourth-order valence-electron chi connectivity index (χ4n) is 2.41. The topological polar surface area (TPSA) is 65.7 Å². The number of benzene rings is 2. The molecule has 0 saturated heterocycles. The minimum Gasteiger partial charge on any atom is -0.483 e. The molecule has 0 atom stereocenters. The first-order chi connectivity index (χ1) is 11.8. The highest BCUT2D eigenvalue weighted by Crippen LogP contribution is 2.23. The van der Waals surface area contributed by atoms with Crippen LogP contribution in [-0.4, -0.2) is 25.2 Å². The van der Waals surface area contributed by atoms with Crippen LogP contribution in [0.15, 0.2) is 60.8 Å². The molecule has 0 fully saturated rings. The van der Waals surface area contributed by atoms with Gasteiger partial charge in [0.1, 0.15) is 23.7 Å². The van der Waals surface area contributed by atoms with Crippen molar-refractivity contribution in [3.05, 3.63) is 72.4 Å². The molecule has 6 nitrogen and oxygen atoms in total. The molecule has 0 N–H and O–H groups in total. The van der Waals surface area contributed by atoms with E-state index < -0.39 is 0 Å². The Bertz CT molecular complexity index is 978. The smallest absolute Gasteiger partial charge is 0.194 e. The number of aromatic nitrogens is 5. The van der Waals surface area contributed by atoms with Crippen molar-refractivity contribution in [2.24, 2.45) is 0 Å². The van der Waals surface area contributed by atoms with Crippen molar-refractivity contribution in [1.29, 1.82) is 0 Å².